The lowest BCUT2D eigenvalue weighted by Gasteiger charge is -2.22. The van der Waals surface area contributed by atoms with E-state index in [-0.39, 0.29) is 23.7 Å². The van der Waals surface area contributed by atoms with Gasteiger partial charge in [-0.3, -0.25) is 9.59 Å². The van der Waals surface area contributed by atoms with Gasteiger partial charge in [-0.05, 0) is 37.0 Å². The maximum atomic E-state index is 12.5. The lowest BCUT2D eigenvalue weighted by atomic mass is 9.86. The van der Waals surface area contributed by atoms with E-state index in [0.717, 1.165) is 0 Å². The summed E-state index contributed by atoms with van der Waals surface area (Å²) >= 11 is 0. The molecule has 1 amide bonds. The minimum atomic E-state index is -0.267. The summed E-state index contributed by atoms with van der Waals surface area (Å²) in [6, 6.07) is 7.70. The first-order valence-corrected chi connectivity index (χ1v) is 7.85. The molecule has 0 radical (unpaired) electrons. The second-order valence-corrected chi connectivity index (χ2v) is 6.27. The van der Waals surface area contributed by atoms with E-state index in [9.17, 15) is 9.59 Å². The molecule has 1 aromatic carbocycles. The number of hydrogen-bond acceptors (Lipinski definition) is 3. The topological polar surface area (TPSA) is 46.6 Å². The molecule has 0 aliphatic rings. The number of carbonyl (C=O) groups excluding carboxylic acids is 2. The highest BCUT2D eigenvalue weighted by molar-refractivity contribution is 5.94. The van der Waals surface area contributed by atoms with E-state index in [2.05, 4.69) is 20.8 Å². The van der Waals surface area contributed by atoms with Gasteiger partial charge in [-0.25, -0.2) is 0 Å². The number of ether oxygens (including phenoxy) is 1. The molecule has 0 saturated heterocycles. The van der Waals surface area contributed by atoms with Crippen molar-refractivity contribution in [2.45, 2.75) is 46.5 Å². The Morgan fingerprint density at radius 3 is 2.14 bits per heavy atom. The molecule has 0 bridgehead atoms. The summed E-state index contributed by atoms with van der Waals surface area (Å²) in [7, 11) is 0. The maximum Gasteiger partial charge on any atom is 0.307 e. The van der Waals surface area contributed by atoms with Crippen molar-refractivity contribution in [2.75, 3.05) is 19.7 Å². The van der Waals surface area contributed by atoms with E-state index in [1.54, 1.807) is 11.8 Å². The Balaban J connectivity index is 2.73. The Kier molecular flexibility index (Phi) is 6.60. The normalized spacial score (nSPS) is 11.1. The van der Waals surface area contributed by atoms with Gasteiger partial charge < -0.3 is 9.64 Å². The van der Waals surface area contributed by atoms with Gasteiger partial charge in [0.2, 0.25) is 0 Å². The molecule has 0 aliphatic heterocycles. The minimum Gasteiger partial charge on any atom is -0.466 e. The Labute approximate surface area is 133 Å². The van der Waals surface area contributed by atoms with Crippen molar-refractivity contribution in [3.8, 4) is 0 Å². The molecule has 0 atom stereocenters. The van der Waals surface area contributed by atoms with E-state index in [1.165, 1.54) is 5.56 Å². The van der Waals surface area contributed by atoms with Crippen LogP contribution in [0.2, 0.25) is 0 Å². The zero-order chi connectivity index (χ0) is 16.8. The molecule has 4 nitrogen and oxygen atoms in total. The van der Waals surface area contributed by atoms with E-state index in [1.807, 2.05) is 31.2 Å². The molecular formula is C18H27NO3. The smallest absolute Gasteiger partial charge is 0.307 e. The molecule has 1 aromatic rings. The number of carbonyl (C=O) groups is 2. The summed E-state index contributed by atoms with van der Waals surface area (Å²) < 4.78 is 4.90. The van der Waals surface area contributed by atoms with Crippen molar-refractivity contribution in [2.24, 2.45) is 0 Å². The maximum absolute atomic E-state index is 12.5. The predicted molar refractivity (Wildman–Crippen MR) is 88.0 cm³/mol. The van der Waals surface area contributed by atoms with Crippen LogP contribution in [0.1, 0.15) is 57.0 Å². The molecular weight excluding hydrogens is 278 g/mol. The van der Waals surface area contributed by atoms with Crippen LogP contribution >= 0.6 is 0 Å². The molecule has 0 saturated carbocycles. The predicted octanol–water partition coefficient (Wildman–Crippen LogP) is 3.40. The molecule has 0 heterocycles. The van der Waals surface area contributed by atoms with Crippen LogP contribution in [-0.2, 0) is 14.9 Å². The first-order valence-electron chi connectivity index (χ1n) is 7.85. The molecule has 0 aromatic heterocycles. The van der Waals surface area contributed by atoms with E-state index in [4.69, 9.17) is 4.74 Å². The summed E-state index contributed by atoms with van der Waals surface area (Å²) in [4.78, 5) is 25.6. The second kappa shape index (κ2) is 7.97. The third-order valence-corrected chi connectivity index (χ3v) is 3.56. The first-order chi connectivity index (χ1) is 10.3. The summed E-state index contributed by atoms with van der Waals surface area (Å²) in [5, 5.41) is 0. The van der Waals surface area contributed by atoms with Gasteiger partial charge in [-0.15, -0.1) is 0 Å². The lowest BCUT2D eigenvalue weighted by Crippen LogP contribution is -2.33. The number of rotatable bonds is 6. The van der Waals surface area contributed by atoms with Crippen LogP contribution in [-0.4, -0.2) is 36.5 Å². The lowest BCUT2D eigenvalue weighted by molar-refractivity contribution is -0.143. The average molecular weight is 305 g/mol. The van der Waals surface area contributed by atoms with Gasteiger partial charge in [0.1, 0.15) is 0 Å². The van der Waals surface area contributed by atoms with Crippen molar-refractivity contribution in [3.63, 3.8) is 0 Å². The first kappa shape index (κ1) is 18.2. The van der Waals surface area contributed by atoms with Gasteiger partial charge in [0.15, 0.2) is 0 Å². The monoisotopic (exact) mass is 305 g/mol. The third kappa shape index (κ3) is 5.17. The number of benzene rings is 1. The molecule has 4 heteroatoms. The molecule has 1 rings (SSSR count). The Hall–Kier alpha value is -1.84. The summed E-state index contributed by atoms with van der Waals surface area (Å²) in [5.41, 5.74) is 1.91. The highest BCUT2D eigenvalue weighted by Crippen LogP contribution is 2.22. The van der Waals surface area contributed by atoms with Crippen molar-refractivity contribution in [1.82, 2.24) is 4.90 Å². The molecule has 22 heavy (non-hydrogen) atoms. The number of hydrogen-bond donors (Lipinski definition) is 0. The van der Waals surface area contributed by atoms with E-state index in [0.29, 0.717) is 25.3 Å². The zero-order valence-corrected chi connectivity index (χ0v) is 14.3. The fourth-order valence-electron chi connectivity index (χ4n) is 2.16. The van der Waals surface area contributed by atoms with E-state index >= 15 is 0 Å². The van der Waals surface area contributed by atoms with Crippen LogP contribution in [0.3, 0.4) is 0 Å². The standard InChI is InChI=1S/C18H27NO3/c1-6-19(13-12-16(20)22-7-2)17(21)14-8-10-15(11-9-14)18(3,4)5/h8-11H,6-7,12-13H2,1-5H3. The van der Waals surface area contributed by atoms with Crippen LogP contribution in [0, 0.1) is 0 Å². The number of nitrogens with zero attached hydrogens (tertiary/aromatic N) is 1. The van der Waals surface area contributed by atoms with Gasteiger partial charge in [0.25, 0.3) is 5.91 Å². The Bertz CT molecular complexity index is 500. The fraction of sp³-hybridized carbons (Fsp3) is 0.556. The van der Waals surface area contributed by atoms with Gasteiger partial charge in [-0.1, -0.05) is 32.9 Å². The molecule has 0 N–H and O–H groups in total. The van der Waals surface area contributed by atoms with Crippen LogP contribution in [0.5, 0.6) is 0 Å². The van der Waals surface area contributed by atoms with Crippen molar-refractivity contribution < 1.29 is 14.3 Å². The highest BCUT2D eigenvalue weighted by atomic mass is 16.5. The summed E-state index contributed by atoms with van der Waals surface area (Å²) in [5.74, 6) is -0.316. The molecule has 0 unspecified atom stereocenters. The molecule has 122 valence electrons. The minimum absolute atomic E-state index is 0.0488. The largest absolute Gasteiger partial charge is 0.466 e. The van der Waals surface area contributed by atoms with Crippen molar-refractivity contribution >= 4 is 11.9 Å². The molecule has 0 aliphatic carbocycles. The van der Waals surface area contributed by atoms with Gasteiger partial charge in [-0.2, -0.15) is 0 Å². The Morgan fingerprint density at radius 2 is 1.68 bits per heavy atom. The van der Waals surface area contributed by atoms with Gasteiger partial charge in [0, 0.05) is 18.7 Å². The van der Waals surface area contributed by atoms with Crippen molar-refractivity contribution in [1.29, 1.82) is 0 Å². The summed E-state index contributed by atoms with van der Waals surface area (Å²) in [6.07, 6.45) is 0.230. The van der Waals surface area contributed by atoms with Crippen LogP contribution in [0.15, 0.2) is 24.3 Å². The van der Waals surface area contributed by atoms with Gasteiger partial charge >= 0.3 is 5.97 Å². The third-order valence-electron chi connectivity index (χ3n) is 3.56. The quantitative estimate of drug-likeness (QED) is 0.757. The Morgan fingerprint density at radius 1 is 1.09 bits per heavy atom. The average Bonchev–Trinajstić information content (AvgIpc) is 2.47. The number of amides is 1. The van der Waals surface area contributed by atoms with Gasteiger partial charge in [0.05, 0.1) is 13.0 Å². The highest BCUT2D eigenvalue weighted by Gasteiger charge is 2.18. The van der Waals surface area contributed by atoms with Crippen LogP contribution < -0.4 is 0 Å². The van der Waals surface area contributed by atoms with Crippen LogP contribution in [0.4, 0.5) is 0 Å². The zero-order valence-electron chi connectivity index (χ0n) is 14.3. The molecule has 0 spiro atoms. The molecule has 0 fully saturated rings. The SMILES string of the molecule is CCOC(=O)CCN(CC)C(=O)c1ccc(C(C)(C)C)cc1. The summed E-state index contributed by atoms with van der Waals surface area (Å²) in [6.45, 7) is 11.4. The number of esters is 1. The second-order valence-electron chi connectivity index (χ2n) is 6.27. The van der Waals surface area contributed by atoms with E-state index < -0.39 is 0 Å². The van der Waals surface area contributed by atoms with Crippen molar-refractivity contribution in [3.05, 3.63) is 35.4 Å². The van der Waals surface area contributed by atoms with Crippen LogP contribution in [0.25, 0.3) is 0 Å². The fourth-order valence-corrected chi connectivity index (χ4v) is 2.16.